The van der Waals surface area contributed by atoms with Crippen LogP contribution in [0.3, 0.4) is 0 Å². The van der Waals surface area contributed by atoms with E-state index in [4.69, 9.17) is 5.26 Å². The summed E-state index contributed by atoms with van der Waals surface area (Å²) in [6.45, 7) is 4.33. The van der Waals surface area contributed by atoms with Gasteiger partial charge >= 0.3 is 5.97 Å². The van der Waals surface area contributed by atoms with E-state index in [0.29, 0.717) is 6.54 Å². The summed E-state index contributed by atoms with van der Waals surface area (Å²) >= 11 is 0. The van der Waals surface area contributed by atoms with Crippen molar-refractivity contribution in [2.24, 2.45) is 0 Å². The zero-order valence-corrected chi connectivity index (χ0v) is 10.5. The topological polar surface area (TPSA) is 82.4 Å². The largest absolute Gasteiger partial charge is 0.468 e. The third kappa shape index (κ3) is 7.30. The van der Waals surface area contributed by atoms with Crippen molar-refractivity contribution in [1.29, 1.82) is 5.26 Å². The molecule has 0 unspecified atom stereocenters. The van der Waals surface area contributed by atoms with Gasteiger partial charge in [-0.25, -0.2) is 0 Å². The maximum absolute atomic E-state index is 11.5. The first-order chi connectivity index (χ1) is 8.01. The Kier molecular flexibility index (Phi) is 7.72. The van der Waals surface area contributed by atoms with E-state index >= 15 is 0 Å². The number of nitrogens with one attached hydrogen (secondary N) is 1. The molecule has 6 heteroatoms. The number of esters is 1. The van der Waals surface area contributed by atoms with Crippen LogP contribution in [0.25, 0.3) is 0 Å². The van der Waals surface area contributed by atoms with Crippen molar-refractivity contribution in [1.82, 2.24) is 10.2 Å². The van der Waals surface area contributed by atoms with Crippen LogP contribution in [0.5, 0.6) is 0 Å². The van der Waals surface area contributed by atoms with E-state index in [0.717, 1.165) is 0 Å². The predicted octanol–water partition coefficient (Wildman–Crippen LogP) is -0.100. The van der Waals surface area contributed by atoms with Crippen LogP contribution in [0.4, 0.5) is 0 Å². The monoisotopic (exact) mass is 241 g/mol. The fourth-order valence-electron chi connectivity index (χ4n) is 1.15. The molecule has 1 N–H and O–H groups in total. The van der Waals surface area contributed by atoms with Crippen LogP contribution in [-0.2, 0) is 14.3 Å². The summed E-state index contributed by atoms with van der Waals surface area (Å²) in [5, 5.41) is 10.9. The molecule has 96 valence electrons. The van der Waals surface area contributed by atoms with Gasteiger partial charge in [-0.2, -0.15) is 5.26 Å². The van der Waals surface area contributed by atoms with E-state index in [1.54, 1.807) is 4.90 Å². The van der Waals surface area contributed by atoms with Crippen LogP contribution in [0.1, 0.15) is 20.3 Å². The molecule has 0 spiro atoms. The zero-order valence-electron chi connectivity index (χ0n) is 10.5. The van der Waals surface area contributed by atoms with E-state index < -0.39 is 0 Å². The first-order valence-corrected chi connectivity index (χ1v) is 5.45. The van der Waals surface area contributed by atoms with Crippen LogP contribution in [0, 0.1) is 11.3 Å². The van der Waals surface area contributed by atoms with Crippen LogP contribution < -0.4 is 5.32 Å². The summed E-state index contributed by atoms with van der Waals surface area (Å²) < 4.78 is 4.56. The smallest absolute Gasteiger partial charge is 0.319 e. The summed E-state index contributed by atoms with van der Waals surface area (Å²) in [6.07, 6.45) is 0.282. The maximum atomic E-state index is 11.5. The van der Waals surface area contributed by atoms with Gasteiger partial charge in [-0.1, -0.05) is 0 Å². The molecule has 0 aliphatic rings. The number of ether oxygens (including phenoxy) is 1. The Hall–Kier alpha value is -1.61. The average molecular weight is 241 g/mol. The van der Waals surface area contributed by atoms with Crippen molar-refractivity contribution >= 4 is 11.9 Å². The highest BCUT2D eigenvalue weighted by Crippen LogP contribution is 1.98. The molecule has 0 aliphatic heterocycles. The van der Waals surface area contributed by atoms with E-state index in [9.17, 15) is 9.59 Å². The van der Waals surface area contributed by atoms with E-state index in [-0.39, 0.29) is 37.4 Å². The van der Waals surface area contributed by atoms with Crippen molar-refractivity contribution in [2.45, 2.75) is 26.3 Å². The van der Waals surface area contributed by atoms with Gasteiger partial charge in [-0.3, -0.25) is 14.5 Å². The SMILES string of the molecule is COC(=O)CN(CC(=O)NCCC#N)C(C)C. The standard InChI is InChI=1S/C11H19N3O3/c1-9(2)14(8-11(16)17-3)7-10(15)13-6-4-5-12/h9H,4,6-8H2,1-3H3,(H,13,15). The first kappa shape index (κ1) is 15.4. The average Bonchev–Trinajstić information content (AvgIpc) is 2.28. The second-order valence-corrected chi connectivity index (χ2v) is 3.83. The summed E-state index contributed by atoms with van der Waals surface area (Å²) in [6, 6.07) is 2.00. The number of nitrogens with zero attached hydrogens (tertiary/aromatic N) is 2. The zero-order chi connectivity index (χ0) is 13.3. The van der Waals surface area contributed by atoms with Crippen molar-refractivity contribution in [3.8, 4) is 6.07 Å². The second-order valence-electron chi connectivity index (χ2n) is 3.83. The number of amides is 1. The Bertz CT molecular complexity index is 297. The predicted molar refractivity (Wildman–Crippen MR) is 62.0 cm³/mol. The van der Waals surface area contributed by atoms with Gasteiger partial charge < -0.3 is 10.1 Å². The molecule has 0 rings (SSSR count). The summed E-state index contributed by atoms with van der Waals surface area (Å²) in [7, 11) is 1.31. The fraction of sp³-hybridized carbons (Fsp3) is 0.727. The number of hydrogen-bond donors (Lipinski definition) is 1. The Morgan fingerprint density at radius 3 is 2.53 bits per heavy atom. The van der Waals surface area contributed by atoms with Gasteiger partial charge in [0.05, 0.1) is 32.7 Å². The number of carbonyl (C=O) groups is 2. The molecule has 0 aliphatic carbocycles. The minimum atomic E-state index is -0.372. The number of carbonyl (C=O) groups excluding carboxylic acids is 2. The summed E-state index contributed by atoms with van der Waals surface area (Å²) in [5.41, 5.74) is 0. The molecule has 0 saturated heterocycles. The van der Waals surface area contributed by atoms with E-state index in [2.05, 4.69) is 10.1 Å². The number of rotatable bonds is 7. The molecular formula is C11H19N3O3. The molecule has 1 amide bonds. The molecule has 0 heterocycles. The van der Waals surface area contributed by atoms with Gasteiger partial charge in [0.1, 0.15) is 0 Å². The molecule has 0 aromatic carbocycles. The molecule has 17 heavy (non-hydrogen) atoms. The Labute approximate surface area is 102 Å². The third-order valence-corrected chi connectivity index (χ3v) is 2.20. The minimum absolute atomic E-state index is 0.0656. The van der Waals surface area contributed by atoms with Crippen LogP contribution in [-0.4, -0.2) is 49.6 Å². The summed E-state index contributed by atoms with van der Waals surface area (Å²) in [4.78, 5) is 24.3. The third-order valence-electron chi connectivity index (χ3n) is 2.20. The first-order valence-electron chi connectivity index (χ1n) is 5.45. The molecule has 0 radical (unpaired) electrons. The van der Waals surface area contributed by atoms with E-state index in [1.807, 2.05) is 19.9 Å². The summed E-state index contributed by atoms with van der Waals surface area (Å²) in [5.74, 6) is -0.568. The quantitative estimate of drug-likeness (QED) is 0.497. The number of methoxy groups -OCH3 is 1. The Morgan fingerprint density at radius 1 is 1.41 bits per heavy atom. The van der Waals surface area contributed by atoms with Gasteiger partial charge in [0, 0.05) is 12.6 Å². The Morgan fingerprint density at radius 2 is 2.06 bits per heavy atom. The fourth-order valence-corrected chi connectivity index (χ4v) is 1.15. The van der Waals surface area contributed by atoms with Gasteiger partial charge in [-0.15, -0.1) is 0 Å². The highest BCUT2D eigenvalue weighted by molar-refractivity contribution is 5.79. The van der Waals surface area contributed by atoms with Gasteiger partial charge in [-0.05, 0) is 13.8 Å². The lowest BCUT2D eigenvalue weighted by molar-refractivity contribution is -0.142. The van der Waals surface area contributed by atoms with Gasteiger partial charge in [0.25, 0.3) is 0 Å². The lowest BCUT2D eigenvalue weighted by Crippen LogP contribution is -2.43. The van der Waals surface area contributed by atoms with Gasteiger partial charge in [0.2, 0.25) is 5.91 Å². The lowest BCUT2D eigenvalue weighted by Gasteiger charge is -2.24. The van der Waals surface area contributed by atoms with Crippen molar-refractivity contribution in [3.63, 3.8) is 0 Å². The number of hydrogen-bond acceptors (Lipinski definition) is 5. The molecular weight excluding hydrogens is 222 g/mol. The van der Waals surface area contributed by atoms with Crippen LogP contribution in [0.2, 0.25) is 0 Å². The van der Waals surface area contributed by atoms with Crippen molar-refractivity contribution < 1.29 is 14.3 Å². The highest BCUT2D eigenvalue weighted by Gasteiger charge is 2.17. The van der Waals surface area contributed by atoms with Gasteiger partial charge in [0.15, 0.2) is 0 Å². The van der Waals surface area contributed by atoms with Crippen LogP contribution >= 0.6 is 0 Å². The molecule has 0 saturated carbocycles. The molecule has 0 fully saturated rings. The van der Waals surface area contributed by atoms with Crippen LogP contribution in [0.15, 0.2) is 0 Å². The Balaban J connectivity index is 4.12. The molecule has 0 aromatic heterocycles. The molecule has 0 atom stereocenters. The maximum Gasteiger partial charge on any atom is 0.319 e. The normalized spacial score (nSPS) is 10.1. The highest BCUT2D eigenvalue weighted by atomic mass is 16.5. The molecule has 6 nitrogen and oxygen atoms in total. The second kappa shape index (κ2) is 8.53. The van der Waals surface area contributed by atoms with E-state index in [1.165, 1.54) is 7.11 Å². The minimum Gasteiger partial charge on any atom is -0.468 e. The molecule has 0 aromatic rings. The lowest BCUT2D eigenvalue weighted by atomic mass is 10.3. The van der Waals surface area contributed by atoms with Crippen molar-refractivity contribution in [2.75, 3.05) is 26.7 Å². The number of nitriles is 1. The van der Waals surface area contributed by atoms with Crippen molar-refractivity contribution in [3.05, 3.63) is 0 Å². The molecule has 0 bridgehead atoms.